The van der Waals surface area contributed by atoms with Crippen molar-refractivity contribution in [3.63, 3.8) is 0 Å². The standard InChI is InChI=1S/C22H29NO6/c1-7-8-9-10-19(24)29-23-14(2)15-13-18(27-5)20-16(25-3)11-12-17(26-4)21(20)22(15)28-6/h11-13H,7-10H2,1-6H3. The predicted octanol–water partition coefficient (Wildman–Crippen LogP) is 4.72. The molecule has 0 saturated heterocycles. The van der Waals surface area contributed by atoms with Crippen LogP contribution in [0.4, 0.5) is 0 Å². The first-order valence-corrected chi connectivity index (χ1v) is 9.56. The number of methoxy groups -OCH3 is 4. The lowest BCUT2D eigenvalue weighted by atomic mass is 9.99. The zero-order chi connectivity index (χ0) is 21.4. The normalized spacial score (nSPS) is 11.3. The molecule has 7 nitrogen and oxygen atoms in total. The van der Waals surface area contributed by atoms with E-state index < -0.39 is 0 Å². The Morgan fingerprint density at radius 3 is 2.07 bits per heavy atom. The molecule has 0 amide bonds. The number of carbonyl (C=O) groups excluding carboxylic acids is 1. The number of benzene rings is 2. The lowest BCUT2D eigenvalue weighted by molar-refractivity contribution is -0.143. The minimum atomic E-state index is -0.358. The van der Waals surface area contributed by atoms with Crippen molar-refractivity contribution in [3.05, 3.63) is 23.8 Å². The van der Waals surface area contributed by atoms with Crippen molar-refractivity contribution in [1.29, 1.82) is 0 Å². The molecular formula is C22H29NO6. The molecule has 7 heteroatoms. The summed E-state index contributed by atoms with van der Waals surface area (Å²) < 4.78 is 22.3. The van der Waals surface area contributed by atoms with Crippen molar-refractivity contribution in [1.82, 2.24) is 0 Å². The highest BCUT2D eigenvalue weighted by molar-refractivity contribution is 6.11. The fourth-order valence-corrected chi connectivity index (χ4v) is 3.15. The average Bonchev–Trinajstić information content (AvgIpc) is 2.75. The maximum absolute atomic E-state index is 11.9. The van der Waals surface area contributed by atoms with Crippen LogP contribution in [-0.2, 0) is 9.63 Å². The van der Waals surface area contributed by atoms with E-state index in [2.05, 4.69) is 12.1 Å². The van der Waals surface area contributed by atoms with Crippen LogP contribution in [0.5, 0.6) is 23.0 Å². The Morgan fingerprint density at radius 1 is 0.897 bits per heavy atom. The molecule has 0 heterocycles. The Kier molecular flexibility index (Phi) is 8.12. The van der Waals surface area contributed by atoms with E-state index >= 15 is 0 Å². The van der Waals surface area contributed by atoms with Gasteiger partial charge >= 0.3 is 5.97 Å². The Balaban J connectivity index is 2.56. The van der Waals surface area contributed by atoms with Crippen LogP contribution in [0.1, 0.15) is 45.1 Å². The third-order valence-electron chi connectivity index (χ3n) is 4.64. The SMILES string of the molecule is CCCCCC(=O)ON=C(C)c1cc(OC)c2c(OC)ccc(OC)c2c1OC. The van der Waals surface area contributed by atoms with Gasteiger partial charge in [-0.2, -0.15) is 0 Å². The molecular weight excluding hydrogens is 374 g/mol. The number of oxime groups is 1. The highest BCUT2D eigenvalue weighted by Gasteiger charge is 2.22. The fourth-order valence-electron chi connectivity index (χ4n) is 3.15. The summed E-state index contributed by atoms with van der Waals surface area (Å²) in [5.41, 5.74) is 1.11. The number of rotatable bonds is 10. The third-order valence-corrected chi connectivity index (χ3v) is 4.64. The molecule has 0 atom stereocenters. The topological polar surface area (TPSA) is 75.6 Å². The monoisotopic (exact) mass is 403 g/mol. The number of fused-ring (bicyclic) bond motifs is 1. The van der Waals surface area contributed by atoms with Gasteiger partial charge in [-0.05, 0) is 31.5 Å². The number of hydrogen-bond acceptors (Lipinski definition) is 7. The first-order valence-electron chi connectivity index (χ1n) is 9.56. The van der Waals surface area contributed by atoms with E-state index in [4.69, 9.17) is 23.8 Å². The lowest BCUT2D eigenvalue weighted by Gasteiger charge is -2.18. The van der Waals surface area contributed by atoms with Crippen molar-refractivity contribution >= 4 is 22.5 Å². The Morgan fingerprint density at radius 2 is 1.52 bits per heavy atom. The van der Waals surface area contributed by atoms with E-state index in [0.29, 0.717) is 46.1 Å². The van der Waals surface area contributed by atoms with Gasteiger partial charge in [-0.3, -0.25) is 0 Å². The molecule has 2 rings (SSSR count). The molecule has 2 aromatic rings. The summed E-state index contributed by atoms with van der Waals surface area (Å²) in [5, 5.41) is 5.43. The molecule has 0 spiro atoms. The molecule has 29 heavy (non-hydrogen) atoms. The van der Waals surface area contributed by atoms with E-state index in [1.807, 2.05) is 6.07 Å². The van der Waals surface area contributed by atoms with Gasteiger partial charge in [0.1, 0.15) is 23.0 Å². The summed E-state index contributed by atoms with van der Waals surface area (Å²) >= 11 is 0. The fraction of sp³-hybridized carbons (Fsp3) is 0.455. The van der Waals surface area contributed by atoms with Crippen LogP contribution >= 0.6 is 0 Å². The number of ether oxygens (including phenoxy) is 4. The molecule has 0 bridgehead atoms. The van der Waals surface area contributed by atoms with Crippen molar-refractivity contribution in [2.75, 3.05) is 28.4 Å². The van der Waals surface area contributed by atoms with Crippen molar-refractivity contribution in [3.8, 4) is 23.0 Å². The molecule has 0 saturated carbocycles. The minimum absolute atomic E-state index is 0.341. The number of nitrogens with zero attached hydrogens (tertiary/aromatic N) is 1. The van der Waals surface area contributed by atoms with E-state index in [1.54, 1.807) is 47.5 Å². The minimum Gasteiger partial charge on any atom is -0.496 e. The summed E-state index contributed by atoms with van der Waals surface area (Å²) in [7, 11) is 6.31. The largest absolute Gasteiger partial charge is 0.496 e. The maximum atomic E-state index is 11.9. The maximum Gasteiger partial charge on any atom is 0.335 e. The molecule has 0 aliphatic rings. The van der Waals surface area contributed by atoms with Gasteiger partial charge in [-0.15, -0.1) is 0 Å². The zero-order valence-corrected chi connectivity index (χ0v) is 18.0. The zero-order valence-electron chi connectivity index (χ0n) is 18.0. The molecule has 0 aliphatic heterocycles. The van der Waals surface area contributed by atoms with Gasteiger partial charge in [0.2, 0.25) is 0 Å². The Hall–Kier alpha value is -2.96. The third kappa shape index (κ3) is 4.91. The quantitative estimate of drug-likeness (QED) is 0.247. The summed E-state index contributed by atoms with van der Waals surface area (Å²) in [6.45, 7) is 3.82. The first kappa shape index (κ1) is 22.3. The Labute approximate surface area is 171 Å². The van der Waals surface area contributed by atoms with Crippen molar-refractivity contribution in [2.45, 2.75) is 39.5 Å². The second kappa shape index (κ2) is 10.5. The van der Waals surface area contributed by atoms with Gasteiger partial charge in [0.25, 0.3) is 0 Å². The highest BCUT2D eigenvalue weighted by Crippen LogP contribution is 2.46. The number of unbranched alkanes of at least 4 members (excludes halogenated alkanes) is 2. The smallest absolute Gasteiger partial charge is 0.335 e. The van der Waals surface area contributed by atoms with Crippen molar-refractivity contribution < 1.29 is 28.6 Å². The molecule has 0 fully saturated rings. The van der Waals surface area contributed by atoms with Crippen LogP contribution in [0.25, 0.3) is 10.8 Å². The van der Waals surface area contributed by atoms with Crippen LogP contribution in [0.2, 0.25) is 0 Å². The number of carbonyl (C=O) groups is 1. The summed E-state index contributed by atoms with van der Waals surface area (Å²) in [4.78, 5) is 17.0. The summed E-state index contributed by atoms with van der Waals surface area (Å²) in [6, 6.07) is 5.39. The van der Waals surface area contributed by atoms with Gasteiger partial charge in [0, 0.05) is 12.0 Å². The van der Waals surface area contributed by atoms with Gasteiger partial charge in [0.05, 0.1) is 44.9 Å². The van der Waals surface area contributed by atoms with Crippen LogP contribution in [0, 0.1) is 0 Å². The summed E-state index contributed by atoms with van der Waals surface area (Å²) in [5.74, 6) is 1.96. The van der Waals surface area contributed by atoms with E-state index in [-0.39, 0.29) is 5.97 Å². The lowest BCUT2D eigenvalue weighted by Crippen LogP contribution is -2.06. The van der Waals surface area contributed by atoms with Crippen LogP contribution in [0.3, 0.4) is 0 Å². The van der Waals surface area contributed by atoms with Crippen LogP contribution in [-0.4, -0.2) is 40.1 Å². The summed E-state index contributed by atoms with van der Waals surface area (Å²) in [6.07, 6.45) is 3.14. The molecule has 0 N–H and O–H groups in total. The second-order valence-electron chi connectivity index (χ2n) is 6.48. The van der Waals surface area contributed by atoms with Gasteiger partial charge in [0.15, 0.2) is 0 Å². The predicted molar refractivity (Wildman–Crippen MR) is 113 cm³/mol. The van der Waals surface area contributed by atoms with Gasteiger partial charge in [-0.25, -0.2) is 4.79 Å². The van der Waals surface area contributed by atoms with Gasteiger partial charge in [-0.1, -0.05) is 24.9 Å². The second-order valence-corrected chi connectivity index (χ2v) is 6.48. The average molecular weight is 403 g/mol. The molecule has 2 aromatic carbocycles. The first-order chi connectivity index (χ1) is 14.0. The molecule has 0 radical (unpaired) electrons. The van der Waals surface area contributed by atoms with Crippen LogP contribution < -0.4 is 18.9 Å². The van der Waals surface area contributed by atoms with Gasteiger partial charge < -0.3 is 23.8 Å². The van der Waals surface area contributed by atoms with Crippen molar-refractivity contribution in [2.24, 2.45) is 5.16 Å². The Bertz CT molecular complexity index is 891. The highest BCUT2D eigenvalue weighted by atomic mass is 16.7. The molecule has 0 aromatic heterocycles. The van der Waals surface area contributed by atoms with E-state index in [1.165, 1.54) is 0 Å². The molecule has 0 unspecified atom stereocenters. The molecule has 0 aliphatic carbocycles. The van der Waals surface area contributed by atoms with E-state index in [0.717, 1.165) is 24.6 Å². The molecule has 158 valence electrons. The van der Waals surface area contributed by atoms with E-state index in [9.17, 15) is 4.79 Å². The number of hydrogen-bond donors (Lipinski definition) is 0. The van der Waals surface area contributed by atoms with Crippen LogP contribution in [0.15, 0.2) is 23.4 Å².